The van der Waals surface area contributed by atoms with Gasteiger partial charge in [0.15, 0.2) is 0 Å². The first-order chi connectivity index (χ1) is 9.93. The molecule has 2 N–H and O–H groups in total. The van der Waals surface area contributed by atoms with E-state index in [4.69, 9.17) is 5.11 Å². The number of fused-ring (bicyclic) bond motifs is 1. The second kappa shape index (κ2) is 5.74. The number of anilines is 1. The van der Waals surface area contributed by atoms with E-state index in [2.05, 4.69) is 10.3 Å². The van der Waals surface area contributed by atoms with E-state index in [1.54, 1.807) is 19.9 Å². The number of pyridine rings is 1. The summed E-state index contributed by atoms with van der Waals surface area (Å²) in [5.41, 5.74) is 1.20. The van der Waals surface area contributed by atoms with Gasteiger partial charge >= 0.3 is 5.97 Å². The van der Waals surface area contributed by atoms with Gasteiger partial charge in [0.25, 0.3) is 5.69 Å². The van der Waals surface area contributed by atoms with Gasteiger partial charge in [0.1, 0.15) is 6.04 Å². The van der Waals surface area contributed by atoms with Crippen LogP contribution in [0.5, 0.6) is 0 Å². The topological polar surface area (TPSA) is 105 Å². The Kier molecular flexibility index (Phi) is 4.02. The lowest BCUT2D eigenvalue weighted by Gasteiger charge is -2.15. The Hall–Kier alpha value is -2.70. The number of carboxylic acids is 1. The number of nitro groups is 1. The molecular weight excluding hydrogens is 274 g/mol. The van der Waals surface area contributed by atoms with Gasteiger partial charge in [-0.05, 0) is 25.5 Å². The van der Waals surface area contributed by atoms with Crippen LogP contribution in [0.2, 0.25) is 0 Å². The zero-order valence-corrected chi connectivity index (χ0v) is 11.7. The zero-order chi connectivity index (χ0) is 15.6. The normalized spacial score (nSPS) is 12.1. The number of hydrogen-bond donors (Lipinski definition) is 2. The molecule has 0 saturated carbocycles. The molecule has 7 heteroatoms. The number of non-ortho nitro benzene ring substituents is 1. The molecule has 0 amide bonds. The maximum atomic E-state index is 11.1. The van der Waals surface area contributed by atoms with Crippen LogP contribution in [-0.2, 0) is 4.79 Å². The maximum Gasteiger partial charge on any atom is 0.326 e. The highest BCUT2D eigenvalue weighted by molar-refractivity contribution is 6.00. The van der Waals surface area contributed by atoms with Crippen LogP contribution >= 0.6 is 0 Å². The molecule has 7 nitrogen and oxygen atoms in total. The lowest BCUT2D eigenvalue weighted by atomic mass is 10.1. The van der Waals surface area contributed by atoms with Crippen LogP contribution in [0, 0.1) is 17.0 Å². The summed E-state index contributed by atoms with van der Waals surface area (Å²) in [6.45, 7) is 3.53. The summed E-state index contributed by atoms with van der Waals surface area (Å²) in [5, 5.41) is 24.1. The molecule has 0 bridgehead atoms. The van der Waals surface area contributed by atoms with E-state index in [9.17, 15) is 14.9 Å². The van der Waals surface area contributed by atoms with Crippen LogP contribution in [0.1, 0.15) is 19.0 Å². The number of aryl methyl sites for hydroxylation is 1. The van der Waals surface area contributed by atoms with Gasteiger partial charge in [-0.1, -0.05) is 6.92 Å². The standard InChI is InChI=1S/C14H15N3O4/c1-3-11(14(18)19)16-12-4-5-13(17(20)21)10-7-15-8(2)6-9(10)12/h4-7,11,16H,3H2,1-2H3,(H,18,19). The van der Waals surface area contributed by atoms with Crippen molar-refractivity contribution in [1.82, 2.24) is 4.98 Å². The third kappa shape index (κ3) is 2.91. The molecule has 1 aromatic heterocycles. The van der Waals surface area contributed by atoms with Crippen LogP contribution in [-0.4, -0.2) is 27.0 Å². The number of rotatable bonds is 5. The summed E-state index contributed by atoms with van der Waals surface area (Å²) < 4.78 is 0. The molecule has 0 spiro atoms. The summed E-state index contributed by atoms with van der Waals surface area (Å²) in [6, 6.07) is 3.85. The Morgan fingerprint density at radius 3 is 2.76 bits per heavy atom. The molecule has 1 unspecified atom stereocenters. The minimum atomic E-state index is -0.963. The molecule has 1 aromatic carbocycles. The van der Waals surface area contributed by atoms with Gasteiger partial charge in [-0.2, -0.15) is 0 Å². The first kappa shape index (κ1) is 14.7. The van der Waals surface area contributed by atoms with Crippen molar-refractivity contribution in [2.75, 3.05) is 5.32 Å². The predicted molar refractivity (Wildman–Crippen MR) is 78.5 cm³/mol. The van der Waals surface area contributed by atoms with Gasteiger partial charge in [-0.15, -0.1) is 0 Å². The number of nitro benzene ring substituents is 1. The molecule has 0 radical (unpaired) electrons. The van der Waals surface area contributed by atoms with Crippen molar-refractivity contribution in [2.45, 2.75) is 26.3 Å². The van der Waals surface area contributed by atoms with Crippen molar-refractivity contribution in [3.05, 3.63) is 40.2 Å². The predicted octanol–water partition coefficient (Wildman–Crippen LogP) is 2.73. The monoisotopic (exact) mass is 289 g/mol. The van der Waals surface area contributed by atoms with Crippen molar-refractivity contribution in [1.29, 1.82) is 0 Å². The Labute approximate surface area is 120 Å². The largest absolute Gasteiger partial charge is 0.480 e. The maximum absolute atomic E-state index is 11.1. The lowest BCUT2D eigenvalue weighted by Crippen LogP contribution is -2.28. The summed E-state index contributed by atoms with van der Waals surface area (Å²) in [5.74, 6) is -0.963. The van der Waals surface area contributed by atoms with E-state index in [1.807, 2.05) is 0 Å². The Bertz CT molecular complexity index is 715. The first-order valence-electron chi connectivity index (χ1n) is 6.47. The summed E-state index contributed by atoms with van der Waals surface area (Å²) >= 11 is 0. The number of aliphatic carboxylic acids is 1. The highest BCUT2D eigenvalue weighted by Crippen LogP contribution is 2.31. The number of benzene rings is 1. The van der Waals surface area contributed by atoms with E-state index in [0.29, 0.717) is 28.6 Å². The molecule has 0 aliphatic heterocycles. The van der Waals surface area contributed by atoms with Gasteiger partial charge in [0.05, 0.1) is 10.3 Å². The van der Waals surface area contributed by atoms with E-state index >= 15 is 0 Å². The van der Waals surface area contributed by atoms with Crippen molar-refractivity contribution in [3.63, 3.8) is 0 Å². The second-order valence-electron chi connectivity index (χ2n) is 4.70. The van der Waals surface area contributed by atoms with Crippen molar-refractivity contribution < 1.29 is 14.8 Å². The minimum Gasteiger partial charge on any atom is -0.480 e. The minimum absolute atomic E-state index is 0.0496. The fraction of sp³-hybridized carbons (Fsp3) is 0.286. The van der Waals surface area contributed by atoms with Gasteiger partial charge < -0.3 is 10.4 Å². The summed E-state index contributed by atoms with van der Waals surface area (Å²) in [7, 11) is 0. The second-order valence-corrected chi connectivity index (χ2v) is 4.70. The van der Waals surface area contributed by atoms with Crippen LogP contribution in [0.15, 0.2) is 24.4 Å². The average molecular weight is 289 g/mol. The summed E-state index contributed by atoms with van der Waals surface area (Å²) in [6.07, 6.45) is 1.84. The fourth-order valence-electron chi connectivity index (χ4n) is 2.14. The van der Waals surface area contributed by atoms with Gasteiger partial charge in [-0.25, -0.2) is 4.79 Å². The Morgan fingerprint density at radius 1 is 1.48 bits per heavy atom. The van der Waals surface area contributed by atoms with Crippen molar-refractivity contribution in [2.24, 2.45) is 0 Å². The van der Waals surface area contributed by atoms with Crippen molar-refractivity contribution >= 4 is 28.1 Å². The molecule has 0 saturated heterocycles. The third-order valence-electron chi connectivity index (χ3n) is 3.25. The molecule has 0 aliphatic rings. The first-order valence-corrected chi connectivity index (χ1v) is 6.47. The smallest absolute Gasteiger partial charge is 0.326 e. The van der Waals surface area contributed by atoms with Crippen LogP contribution in [0.4, 0.5) is 11.4 Å². The SMILES string of the molecule is CCC(Nc1ccc([N+](=O)[O-])c2cnc(C)cc12)C(=O)O. The van der Waals surface area contributed by atoms with Gasteiger partial charge in [-0.3, -0.25) is 15.1 Å². The zero-order valence-electron chi connectivity index (χ0n) is 11.7. The fourth-order valence-corrected chi connectivity index (χ4v) is 2.14. The number of aromatic nitrogens is 1. The van der Waals surface area contributed by atoms with E-state index < -0.39 is 16.9 Å². The number of carboxylic acid groups (broad SMARTS) is 1. The molecule has 0 aliphatic carbocycles. The van der Waals surface area contributed by atoms with Crippen LogP contribution < -0.4 is 5.32 Å². The molecule has 0 fully saturated rings. The van der Waals surface area contributed by atoms with E-state index in [-0.39, 0.29) is 5.69 Å². The molecule has 110 valence electrons. The number of nitrogens with zero attached hydrogens (tertiary/aromatic N) is 2. The van der Waals surface area contributed by atoms with Gasteiger partial charge in [0, 0.05) is 29.0 Å². The van der Waals surface area contributed by atoms with Crippen molar-refractivity contribution in [3.8, 4) is 0 Å². The number of hydrogen-bond acceptors (Lipinski definition) is 5. The molecule has 21 heavy (non-hydrogen) atoms. The molecule has 2 aromatic rings. The van der Waals surface area contributed by atoms with Crippen LogP contribution in [0.3, 0.4) is 0 Å². The lowest BCUT2D eigenvalue weighted by molar-refractivity contribution is -0.383. The Balaban J connectivity index is 2.59. The highest BCUT2D eigenvalue weighted by atomic mass is 16.6. The van der Waals surface area contributed by atoms with Gasteiger partial charge in [0.2, 0.25) is 0 Å². The molecular formula is C14H15N3O4. The van der Waals surface area contributed by atoms with E-state index in [1.165, 1.54) is 18.3 Å². The van der Waals surface area contributed by atoms with Crippen LogP contribution in [0.25, 0.3) is 10.8 Å². The number of nitrogens with one attached hydrogen (secondary N) is 1. The molecule has 1 atom stereocenters. The average Bonchev–Trinajstić information content (AvgIpc) is 2.43. The third-order valence-corrected chi connectivity index (χ3v) is 3.25. The van der Waals surface area contributed by atoms with E-state index in [0.717, 1.165) is 0 Å². The highest BCUT2D eigenvalue weighted by Gasteiger charge is 2.19. The number of carbonyl (C=O) groups is 1. The summed E-state index contributed by atoms with van der Waals surface area (Å²) in [4.78, 5) is 25.8. The quantitative estimate of drug-likeness (QED) is 0.647. The molecule has 2 rings (SSSR count). The Morgan fingerprint density at radius 2 is 2.19 bits per heavy atom. The molecule has 1 heterocycles.